The molecule has 0 saturated heterocycles. The first-order valence-corrected chi connectivity index (χ1v) is 8.37. The lowest BCUT2D eigenvalue weighted by atomic mass is 10.1. The molecule has 1 heterocycles. The zero-order valence-electron chi connectivity index (χ0n) is 13.7. The minimum absolute atomic E-state index is 0.174. The van der Waals surface area contributed by atoms with E-state index in [2.05, 4.69) is 10.3 Å². The lowest BCUT2D eigenvalue weighted by molar-refractivity contribution is 0.102. The summed E-state index contributed by atoms with van der Waals surface area (Å²) in [4.78, 5) is 17.6. The molecule has 0 aliphatic carbocycles. The minimum Gasteiger partial charge on any atom is -0.321 e. The van der Waals surface area contributed by atoms with Crippen LogP contribution in [0.3, 0.4) is 0 Å². The molecule has 0 unspecified atom stereocenters. The lowest BCUT2D eigenvalue weighted by Gasteiger charge is -2.08. The fourth-order valence-electron chi connectivity index (χ4n) is 2.37. The molecule has 1 amide bonds. The van der Waals surface area contributed by atoms with Gasteiger partial charge in [0.25, 0.3) is 5.91 Å². The summed E-state index contributed by atoms with van der Waals surface area (Å²) < 4.78 is 13.0. The van der Waals surface area contributed by atoms with Gasteiger partial charge in [0.2, 0.25) is 0 Å². The second-order valence-electron chi connectivity index (χ2n) is 5.71. The summed E-state index contributed by atoms with van der Waals surface area (Å²) in [5.41, 5.74) is 4.37. The second-order valence-corrected chi connectivity index (χ2v) is 6.71. The van der Waals surface area contributed by atoms with E-state index in [1.165, 1.54) is 23.5 Å². The summed E-state index contributed by atoms with van der Waals surface area (Å²) in [6.07, 6.45) is 0. The number of nitrogens with zero attached hydrogens (tertiary/aromatic N) is 1. The number of thiazole rings is 1. The van der Waals surface area contributed by atoms with Crippen molar-refractivity contribution in [2.75, 3.05) is 5.32 Å². The van der Waals surface area contributed by atoms with E-state index in [-0.39, 0.29) is 11.7 Å². The van der Waals surface area contributed by atoms with Crippen molar-refractivity contribution in [1.29, 1.82) is 0 Å². The van der Waals surface area contributed by atoms with Gasteiger partial charge >= 0.3 is 0 Å². The molecule has 5 heteroatoms. The summed E-state index contributed by atoms with van der Waals surface area (Å²) in [5, 5.41) is 3.66. The van der Waals surface area contributed by atoms with Gasteiger partial charge in [-0.2, -0.15) is 0 Å². The van der Waals surface area contributed by atoms with Crippen molar-refractivity contribution in [3.63, 3.8) is 0 Å². The molecular formula is C19H17FN2OS. The first kappa shape index (κ1) is 16.3. The van der Waals surface area contributed by atoms with E-state index in [9.17, 15) is 9.18 Å². The van der Waals surface area contributed by atoms with Gasteiger partial charge in [0.05, 0.1) is 5.69 Å². The van der Waals surface area contributed by atoms with Crippen LogP contribution in [0.1, 0.15) is 26.5 Å². The van der Waals surface area contributed by atoms with Crippen LogP contribution < -0.4 is 5.32 Å². The Bertz CT molecular complexity index is 900. The van der Waals surface area contributed by atoms with Crippen molar-refractivity contribution in [2.24, 2.45) is 0 Å². The van der Waals surface area contributed by atoms with Gasteiger partial charge in [-0.25, -0.2) is 9.37 Å². The average Bonchev–Trinajstić information content (AvgIpc) is 2.93. The Morgan fingerprint density at radius 3 is 2.50 bits per heavy atom. The Morgan fingerprint density at radius 1 is 1.08 bits per heavy atom. The molecule has 1 aromatic heterocycles. The summed E-state index contributed by atoms with van der Waals surface area (Å²) in [5.74, 6) is -0.466. The van der Waals surface area contributed by atoms with E-state index in [4.69, 9.17) is 0 Å². The molecule has 1 N–H and O–H groups in total. The fourth-order valence-corrected chi connectivity index (χ4v) is 3.34. The number of aromatic nitrogens is 1. The van der Waals surface area contributed by atoms with Gasteiger partial charge in [-0.05, 0) is 62.2 Å². The Kier molecular flexibility index (Phi) is 4.44. The van der Waals surface area contributed by atoms with Crippen molar-refractivity contribution in [3.05, 3.63) is 70.0 Å². The molecule has 0 bridgehead atoms. The Morgan fingerprint density at radius 2 is 1.79 bits per heavy atom. The lowest BCUT2D eigenvalue weighted by Crippen LogP contribution is -2.12. The van der Waals surface area contributed by atoms with E-state index in [0.717, 1.165) is 22.4 Å². The van der Waals surface area contributed by atoms with Gasteiger partial charge < -0.3 is 5.32 Å². The number of anilines is 1. The molecule has 0 atom stereocenters. The monoisotopic (exact) mass is 340 g/mol. The van der Waals surface area contributed by atoms with Crippen LogP contribution in [0.15, 0.2) is 42.5 Å². The third-order valence-corrected chi connectivity index (χ3v) is 4.94. The smallest absolute Gasteiger partial charge is 0.267 e. The largest absolute Gasteiger partial charge is 0.321 e. The molecule has 0 spiro atoms. The van der Waals surface area contributed by atoms with Crippen LogP contribution in [0.25, 0.3) is 10.6 Å². The highest BCUT2D eigenvalue weighted by molar-refractivity contribution is 7.17. The molecule has 3 rings (SSSR count). The van der Waals surface area contributed by atoms with Gasteiger partial charge in [0, 0.05) is 11.3 Å². The number of benzene rings is 2. The highest BCUT2D eigenvalue weighted by Gasteiger charge is 2.17. The number of amides is 1. The Hall–Kier alpha value is -2.53. The molecule has 3 aromatic rings. The zero-order chi connectivity index (χ0) is 17.3. The van der Waals surface area contributed by atoms with E-state index in [0.29, 0.717) is 15.6 Å². The molecule has 0 fully saturated rings. The third kappa shape index (κ3) is 3.36. The number of hydrogen-bond acceptors (Lipinski definition) is 3. The molecule has 0 radical (unpaired) electrons. The van der Waals surface area contributed by atoms with Crippen molar-refractivity contribution < 1.29 is 9.18 Å². The molecule has 0 aliphatic rings. The van der Waals surface area contributed by atoms with Crippen molar-refractivity contribution in [2.45, 2.75) is 20.8 Å². The zero-order valence-corrected chi connectivity index (χ0v) is 14.5. The molecule has 2 aromatic carbocycles. The van der Waals surface area contributed by atoms with Gasteiger partial charge in [-0.15, -0.1) is 11.3 Å². The van der Waals surface area contributed by atoms with Crippen molar-refractivity contribution >= 4 is 22.9 Å². The Labute approximate surface area is 144 Å². The topological polar surface area (TPSA) is 42.0 Å². The van der Waals surface area contributed by atoms with Crippen LogP contribution in [-0.2, 0) is 0 Å². The number of hydrogen-bond donors (Lipinski definition) is 1. The highest BCUT2D eigenvalue weighted by Crippen LogP contribution is 2.29. The quantitative estimate of drug-likeness (QED) is 0.718. The third-order valence-electron chi connectivity index (χ3n) is 3.74. The van der Waals surface area contributed by atoms with Gasteiger partial charge in [-0.1, -0.05) is 12.1 Å². The minimum atomic E-state index is -0.292. The maximum atomic E-state index is 13.0. The number of nitrogens with one attached hydrogen (secondary N) is 1. The number of aryl methyl sites for hydroxylation is 3. The molecule has 0 aliphatic heterocycles. The number of carbonyl (C=O) groups excluding carboxylic acids is 1. The van der Waals surface area contributed by atoms with E-state index < -0.39 is 0 Å². The van der Waals surface area contributed by atoms with Gasteiger partial charge in [0.1, 0.15) is 15.7 Å². The predicted molar refractivity (Wildman–Crippen MR) is 96.1 cm³/mol. The molecular weight excluding hydrogens is 323 g/mol. The molecule has 122 valence electrons. The maximum absolute atomic E-state index is 13.0. The van der Waals surface area contributed by atoms with Crippen LogP contribution >= 0.6 is 11.3 Å². The van der Waals surface area contributed by atoms with Crippen LogP contribution in [-0.4, -0.2) is 10.9 Å². The second kappa shape index (κ2) is 6.53. The number of carbonyl (C=O) groups is 1. The van der Waals surface area contributed by atoms with Crippen LogP contribution in [0.2, 0.25) is 0 Å². The normalized spacial score (nSPS) is 10.7. The molecule has 0 saturated carbocycles. The van der Waals surface area contributed by atoms with Gasteiger partial charge in [0.15, 0.2) is 0 Å². The summed E-state index contributed by atoms with van der Waals surface area (Å²) >= 11 is 1.31. The number of halogens is 1. The number of rotatable bonds is 3. The standard InChI is InChI=1S/C19H17FN2OS/c1-11-4-5-12(2)16(10-11)22-18(23)17-13(3)21-19(24-17)14-6-8-15(20)9-7-14/h4-10H,1-3H3,(H,22,23). The summed E-state index contributed by atoms with van der Waals surface area (Å²) in [7, 11) is 0. The van der Waals surface area contributed by atoms with E-state index in [1.807, 2.05) is 39.0 Å². The van der Waals surface area contributed by atoms with E-state index >= 15 is 0 Å². The van der Waals surface area contributed by atoms with Crippen molar-refractivity contribution in [1.82, 2.24) is 4.98 Å². The molecule has 24 heavy (non-hydrogen) atoms. The Balaban J connectivity index is 1.88. The summed E-state index contributed by atoms with van der Waals surface area (Å²) in [6.45, 7) is 5.75. The van der Waals surface area contributed by atoms with Crippen LogP contribution in [0, 0.1) is 26.6 Å². The average molecular weight is 340 g/mol. The maximum Gasteiger partial charge on any atom is 0.267 e. The fraction of sp³-hybridized carbons (Fsp3) is 0.158. The first-order valence-electron chi connectivity index (χ1n) is 7.56. The molecule has 3 nitrogen and oxygen atoms in total. The SMILES string of the molecule is Cc1ccc(C)c(NC(=O)c2sc(-c3ccc(F)cc3)nc2C)c1. The highest BCUT2D eigenvalue weighted by atomic mass is 32.1. The predicted octanol–water partition coefficient (Wildman–Crippen LogP) is 5.13. The van der Waals surface area contributed by atoms with Crippen LogP contribution in [0.4, 0.5) is 10.1 Å². The summed E-state index contributed by atoms with van der Waals surface area (Å²) in [6, 6.07) is 12.1. The van der Waals surface area contributed by atoms with Gasteiger partial charge in [-0.3, -0.25) is 4.79 Å². The van der Waals surface area contributed by atoms with Crippen molar-refractivity contribution in [3.8, 4) is 10.6 Å². The van der Waals surface area contributed by atoms with E-state index in [1.54, 1.807) is 12.1 Å². The first-order chi connectivity index (χ1) is 11.4. The van der Waals surface area contributed by atoms with Crippen LogP contribution in [0.5, 0.6) is 0 Å².